The average molecular weight is 382 g/mol. The molecular formula is C21H22N2O3S. The molecule has 5 nitrogen and oxygen atoms in total. The van der Waals surface area contributed by atoms with Crippen molar-refractivity contribution in [2.75, 3.05) is 18.5 Å². The highest BCUT2D eigenvalue weighted by Gasteiger charge is 2.12. The summed E-state index contributed by atoms with van der Waals surface area (Å²) in [6.45, 7) is 3.24. The molecule has 3 aromatic rings. The van der Waals surface area contributed by atoms with Gasteiger partial charge in [-0.1, -0.05) is 49.4 Å². The number of hydrogen-bond donors (Lipinski definition) is 1. The maximum Gasteiger partial charge on any atom is 0.358 e. The third kappa shape index (κ3) is 5.82. The molecule has 1 N–H and O–H groups in total. The number of nitrogens with one attached hydrogen (secondary N) is 1. The van der Waals surface area contributed by atoms with E-state index in [4.69, 9.17) is 9.47 Å². The van der Waals surface area contributed by atoms with Crippen LogP contribution in [-0.4, -0.2) is 24.2 Å². The molecule has 0 bridgehead atoms. The van der Waals surface area contributed by atoms with Crippen LogP contribution in [0.4, 0.5) is 5.13 Å². The second-order valence-electron chi connectivity index (χ2n) is 5.86. The molecule has 6 heteroatoms. The van der Waals surface area contributed by atoms with E-state index in [1.807, 2.05) is 48.5 Å². The number of rotatable bonds is 9. The quantitative estimate of drug-likeness (QED) is 0.434. The van der Waals surface area contributed by atoms with Crippen LogP contribution in [0.2, 0.25) is 0 Å². The fourth-order valence-electron chi connectivity index (χ4n) is 2.45. The molecule has 1 aromatic heterocycles. The van der Waals surface area contributed by atoms with E-state index in [9.17, 15) is 4.79 Å². The third-order valence-electron chi connectivity index (χ3n) is 3.89. The van der Waals surface area contributed by atoms with Gasteiger partial charge in [0.25, 0.3) is 0 Å². The lowest BCUT2D eigenvalue weighted by Crippen LogP contribution is -2.13. The van der Waals surface area contributed by atoms with E-state index in [1.54, 1.807) is 5.38 Å². The number of aromatic nitrogens is 1. The van der Waals surface area contributed by atoms with Crippen molar-refractivity contribution in [2.45, 2.75) is 19.9 Å². The summed E-state index contributed by atoms with van der Waals surface area (Å²) in [5.41, 5.74) is 2.67. The number of ether oxygens (including phenoxy) is 2. The molecule has 0 unspecified atom stereocenters. The van der Waals surface area contributed by atoms with Crippen LogP contribution in [-0.2, 0) is 17.7 Å². The van der Waals surface area contributed by atoms with E-state index in [0.717, 1.165) is 17.7 Å². The first-order chi connectivity index (χ1) is 13.2. The van der Waals surface area contributed by atoms with Crippen molar-refractivity contribution in [3.63, 3.8) is 0 Å². The summed E-state index contributed by atoms with van der Waals surface area (Å²) in [5.74, 6) is 0.344. The number of anilines is 1. The molecule has 140 valence electrons. The molecule has 0 amide bonds. The largest absolute Gasteiger partial charge is 0.490 e. The molecule has 1 heterocycles. The lowest BCUT2D eigenvalue weighted by atomic mass is 10.2. The monoisotopic (exact) mass is 382 g/mol. The first-order valence-corrected chi connectivity index (χ1v) is 9.74. The van der Waals surface area contributed by atoms with Gasteiger partial charge in [-0.25, -0.2) is 9.78 Å². The molecule has 0 atom stereocenters. The molecule has 0 radical (unpaired) electrons. The number of carbonyl (C=O) groups is 1. The molecule has 2 aromatic carbocycles. The van der Waals surface area contributed by atoms with Gasteiger partial charge in [0.15, 0.2) is 10.8 Å². The Balaban J connectivity index is 1.41. The minimum absolute atomic E-state index is 0.180. The Hall–Kier alpha value is -2.86. The van der Waals surface area contributed by atoms with E-state index in [2.05, 4.69) is 23.3 Å². The van der Waals surface area contributed by atoms with Crippen molar-refractivity contribution in [1.29, 1.82) is 0 Å². The second-order valence-corrected chi connectivity index (χ2v) is 6.72. The van der Waals surface area contributed by atoms with Gasteiger partial charge in [0.2, 0.25) is 0 Å². The molecule has 0 fully saturated rings. The molecule has 0 aliphatic rings. The van der Waals surface area contributed by atoms with Crippen molar-refractivity contribution >= 4 is 22.4 Å². The first-order valence-electron chi connectivity index (χ1n) is 8.87. The Bertz CT molecular complexity index is 865. The van der Waals surface area contributed by atoms with Crippen molar-refractivity contribution in [3.05, 3.63) is 76.8 Å². The molecule has 0 saturated heterocycles. The zero-order valence-electron chi connectivity index (χ0n) is 15.2. The van der Waals surface area contributed by atoms with E-state index < -0.39 is 5.97 Å². The number of aryl methyl sites for hydroxylation is 1. The number of esters is 1. The second kappa shape index (κ2) is 9.73. The summed E-state index contributed by atoms with van der Waals surface area (Å²) in [4.78, 5) is 16.4. The SMILES string of the molecule is CCc1cccc(OCCOC(=O)c2csc(NCc3ccccc3)n2)c1. The fraction of sp³-hybridized carbons (Fsp3) is 0.238. The minimum Gasteiger partial charge on any atom is -0.490 e. The summed E-state index contributed by atoms with van der Waals surface area (Å²) >= 11 is 1.38. The van der Waals surface area contributed by atoms with Gasteiger partial charge in [0.1, 0.15) is 19.0 Å². The number of nitrogens with zero attached hydrogens (tertiary/aromatic N) is 1. The lowest BCUT2D eigenvalue weighted by Gasteiger charge is -2.07. The van der Waals surface area contributed by atoms with Crippen molar-refractivity contribution < 1.29 is 14.3 Å². The Morgan fingerprint density at radius 1 is 1.07 bits per heavy atom. The predicted molar refractivity (Wildman–Crippen MR) is 107 cm³/mol. The topological polar surface area (TPSA) is 60.5 Å². The van der Waals surface area contributed by atoms with Gasteiger partial charge in [0, 0.05) is 11.9 Å². The molecular weight excluding hydrogens is 360 g/mol. The highest BCUT2D eigenvalue weighted by molar-refractivity contribution is 7.13. The Kier molecular flexibility index (Phi) is 6.82. The van der Waals surface area contributed by atoms with Crippen molar-refractivity contribution in [2.24, 2.45) is 0 Å². The summed E-state index contributed by atoms with van der Waals surface area (Å²) in [6.07, 6.45) is 0.955. The van der Waals surface area contributed by atoms with Crippen molar-refractivity contribution in [3.8, 4) is 5.75 Å². The Morgan fingerprint density at radius 2 is 1.89 bits per heavy atom. The molecule has 3 rings (SSSR count). The van der Waals surface area contributed by atoms with Crippen LogP contribution >= 0.6 is 11.3 Å². The highest BCUT2D eigenvalue weighted by Crippen LogP contribution is 2.17. The van der Waals surface area contributed by atoms with Gasteiger partial charge in [-0.2, -0.15) is 0 Å². The van der Waals surface area contributed by atoms with Crippen LogP contribution in [0.3, 0.4) is 0 Å². The third-order valence-corrected chi connectivity index (χ3v) is 4.69. The van der Waals surface area contributed by atoms with Gasteiger partial charge in [-0.05, 0) is 29.7 Å². The zero-order valence-corrected chi connectivity index (χ0v) is 16.0. The molecule has 27 heavy (non-hydrogen) atoms. The van der Waals surface area contributed by atoms with Crippen LogP contribution in [0.15, 0.2) is 60.0 Å². The van der Waals surface area contributed by atoms with E-state index in [-0.39, 0.29) is 6.61 Å². The summed E-state index contributed by atoms with van der Waals surface area (Å²) in [6, 6.07) is 17.9. The van der Waals surface area contributed by atoms with E-state index in [0.29, 0.717) is 24.0 Å². The summed E-state index contributed by atoms with van der Waals surface area (Å²) in [7, 11) is 0. The first kappa shape index (κ1) is 18.9. The van der Waals surface area contributed by atoms with Crippen molar-refractivity contribution in [1.82, 2.24) is 4.98 Å². The molecule has 0 saturated carbocycles. The summed E-state index contributed by atoms with van der Waals surface area (Å²) in [5, 5.41) is 5.60. The summed E-state index contributed by atoms with van der Waals surface area (Å²) < 4.78 is 10.9. The number of benzene rings is 2. The Labute approximate surface area is 163 Å². The average Bonchev–Trinajstić information content (AvgIpc) is 3.20. The van der Waals surface area contributed by atoms with Crippen LogP contribution in [0.1, 0.15) is 28.5 Å². The Morgan fingerprint density at radius 3 is 2.70 bits per heavy atom. The van der Waals surface area contributed by atoms with Crippen LogP contribution in [0.5, 0.6) is 5.75 Å². The fourth-order valence-corrected chi connectivity index (χ4v) is 3.12. The predicted octanol–water partition coefficient (Wildman–Crippen LogP) is 4.55. The minimum atomic E-state index is -0.440. The number of hydrogen-bond acceptors (Lipinski definition) is 6. The highest BCUT2D eigenvalue weighted by atomic mass is 32.1. The number of carbonyl (C=O) groups excluding carboxylic acids is 1. The molecule has 0 spiro atoms. The van der Waals surface area contributed by atoms with Gasteiger partial charge in [-0.15, -0.1) is 11.3 Å². The van der Waals surface area contributed by atoms with Gasteiger partial charge in [0.05, 0.1) is 0 Å². The van der Waals surface area contributed by atoms with E-state index in [1.165, 1.54) is 16.9 Å². The van der Waals surface area contributed by atoms with Gasteiger partial charge < -0.3 is 14.8 Å². The smallest absolute Gasteiger partial charge is 0.358 e. The van der Waals surface area contributed by atoms with E-state index >= 15 is 0 Å². The zero-order chi connectivity index (χ0) is 18.9. The molecule has 0 aliphatic heterocycles. The number of thiazole rings is 1. The lowest BCUT2D eigenvalue weighted by molar-refractivity contribution is 0.0444. The van der Waals surface area contributed by atoms with Gasteiger partial charge in [-0.3, -0.25) is 0 Å². The maximum absolute atomic E-state index is 12.1. The molecule has 0 aliphatic carbocycles. The standard InChI is InChI=1S/C21H22N2O3S/c1-2-16-9-6-10-18(13-16)25-11-12-26-20(24)19-15-27-21(23-19)22-14-17-7-4-3-5-8-17/h3-10,13,15H,2,11-12,14H2,1H3,(H,22,23). The maximum atomic E-state index is 12.1. The van der Waals surface area contributed by atoms with Crippen LogP contribution < -0.4 is 10.1 Å². The normalized spacial score (nSPS) is 10.4. The van der Waals surface area contributed by atoms with Crippen LogP contribution in [0, 0.1) is 0 Å². The van der Waals surface area contributed by atoms with Gasteiger partial charge >= 0.3 is 5.97 Å². The van der Waals surface area contributed by atoms with Crippen LogP contribution in [0.25, 0.3) is 0 Å².